The van der Waals surface area contributed by atoms with Crippen molar-refractivity contribution in [1.82, 2.24) is 10.2 Å². The van der Waals surface area contributed by atoms with Crippen LogP contribution in [0.1, 0.15) is 46.1 Å². The summed E-state index contributed by atoms with van der Waals surface area (Å²) >= 11 is 0. The fourth-order valence-corrected chi connectivity index (χ4v) is 3.21. The van der Waals surface area contributed by atoms with Crippen LogP contribution in [0.3, 0.4) is 0 Å². The van der Waals surface area contributed by atoms with Crippen LogP contribution in [-0.4, -0.2) is 41.9 Å². The van der Waals surface area contributed by atoms with Crippen molar-refractivity contribution >= 4 is 17.5 Å². The van der Waals surface area contributed by atoms with Gasteiger partial charge in [-0.15, -0.1) is 0 Å². The van der Waals surface area contributed by atoms with Gasteiger partial charge in [-0.2, -0.15) is 13.2 Å². The molecule has 0 aromatic heterocycles. The van der Waals surface area contributed by atoms with Crippen LogP contribution in [-0.2, 0) is 15.8 Å². The Kier molecular flexibility index (Phi) is 7.68. The molecular weight excluding hydrogens is 383 g/mol. The Morgan fingerprint density at radius 1 is 1.03 bits per heavy atom. The number of halogens is 3. The van der Waals surface area contributed by atoms with Crippen molar-refractivity contribution in [3.63, 3.8) is 0 Å². The van der Waals surface area contributed by atoms with E-state index in [0.717, 1.165) is 12.1 Å². The van der Waals surface area contributed by atoms with Crippen molar-refractivity contribution in [3.05, 3.63) is 29.8 Å². The number of rotatable bonds is 6. The predicted molar refractivity (Wildman–Crippen MR) is 106 cm³/mol. The summed E-state index contributed by atoms with van der Waals surface area (Å²) in [5.74, 6) is 0.0966. The van der Waals surface area contributed by atoms with Gasteiger partial charge in [0.25, 0.3) is 0 Å². The lowest BCUT2D eigenvalue weighted by Crippen LogP contribution is -2.49. The van der Waals surface area contributed by atoms with Gasteiger partial charge in [-0.25, -0.2) is 0 Å². The summed E-state index contributed by atoms with van der Waals surface area (Å²) in [6, 6.07) is 4.08. The van der Waals surface area contributed by atoms with Crippen molar-refractivity contribution < 1.29 is 22.8 Å². The first-order chi connectivity index (χ1) is 13.5. The Morgan fingerprint density at radius 3 is 2.07 bits per heavy atom. The van der Waals surface area contributed by atoms with Gasteiger partial charge in [0.1, 0.15) is 0 Å². The third-order valence-corrected chi connectivity index (χ3v) is 5.68. The summed E-state index contributed by atoms with van der Waals surface area (Å²) in [6.07, 6.45) is -3.05. The average Bonchev–Trinajstić information content (AvgIpc) is 2.67. The van der Waals surface area contributed by atoms with E-state index in [1.54, 1.807) is 6.92 Å². The van der Waals surface area contributed by atoms with E-state index in [1.807, 2.05) is 11.8 Å². The Balaban J connectivity index is 1.84. The Labute approximate surface area is 170 Å². The third-order valence-electron chi connectivity index (χ3n) is 5.68. The number of piperidine rings is 1. The first-order valence-electron chi connectivity index (χ1n) is 10.0. The Morgan fingerprint density at radius 2 is 1.59 bits per heavy atom. The number of amides is 2. The molecule has 1 aliphatic rings. The van der Waals surface area contributed by atoms with Crippen molar-refractivity contribution in [2.24, 2.45) is 11.8 Å². The molecule has 0 spiro atoms. The quantitative estimate of drug-likeness (QED) is 0.744. The molecule has 2 rings (SSSR count). The molecule has 2 unspecified atom stereocenters. The molecule has 1 saturated heterocycles. The predicted octanol–water partition coefficient (Wildman–Crippen LogP) is 3.91. The first kappa shape index (κ1) is 23.2. The summed E-state index contributed by atoms with van der Waals surface area (Å²) in [4.78, 5) is 26.8. The fourth-order valence-electron chi connectivity index (χ4n) is 3.21. The zero-order chi connectivity index (χ0) is 21.8. The largest absolute Gasteiger partial charge is 0.416 e. The number of nitrogens with one attached hydrogen (secondary N) is 2. The lowest BCUT2D eigenvalue weighted by molar-refractivity contribution is -0.137. The molecule has 5 nitrogen and oxygen atoms in total. The zero-order valence-corrected chi connectivity index (χ0v) is 17.3. The summed E-state index contributed by atoms with van der Waals surface area (Å²) in [6.45, 7) is 9.12. The van der Waals surface area contributed by atoms with Crippen LogP contribution in [0.2, 0.25) is 0 Å². The van der Waals surface area contributed by atoms with Gasteiger partial charge in [-0.1, -0.05) is 13.8 Å². The summed E-state index contributed by atoms with van der Waals surface area (Å²) in [5, 5.41) is 5.71. The molecule has 0 saturated carbocycles. The summed E-state index contributed by atoms with van der Waals surface area (Å²) in [5.41, 5.74) is -0.428. The van der Waals surface area contributed by atoms with Crippen LogP contribution >= 0.6 is 0 Å². The molecule has 8 heteroatoms. The molecule has 1 aromatic rings. The monoisotopic (exact) mass is 413 g/mol. The van der Waals surface area contributed by atoms with Gasteiger partial charge in [0.15, 0.2) is 0 Å². The third kappa shape index (κ3) is 6.45. The van der Waals surface area contributed by atoms with E-state index in [0.29, 0.717) is 37.5 Å². The summed E-state index contributed by atoms with van der Waals surface area (Å²) in [7, 11) is 0. The van der Waals surface area contributed by atoms with Gasteiger partial charge < -0.3 is 10.6 Å². The maximum atomic E-state index is 12.6. The van der Waals surface area contributed by atoms with E-state index in [4.69, 9.17) is 0 Å². The molecular formula is C21H30F3N3O2. The average molecular weight is 413 g/mol. The van der Waals surface area contributed by atoms with Gasteiger partial charge in [0, 0.05) is 17.6 Å². The van der Waals surface area contributed by atoms with Crippen molar-refractivity contribution in [2.75, 3.05) is 18.4 Å². The maximum absolute atomic E-state index is 12.6. The molecule has 2 amide bonds. The second kappa shape index (κ2) is 9.61. The molecule has 1 aliphatic heterocycles. The van der Waals surface area contributed by atoms with E-state index in [9.17, 15) is 22.8 Å². The second-order valence-electron chi connectivity index (χ2n) is 8.09. The topological polar surface area (TPSA) is 61.4 Å². The number of carbonyl (C=O) groups is 2. The highest BCUT2D eigenvalue weighted by molar-refractivity contribution is 5.94. The van der Waals surface area contributed by atoms with Crippen LogP contribution in [0.15, 0.2) is 24.3 Å². The standard InChI is InChI=1S/C21H30F3N3O2/c1-13(2)14(3)25-20(29)16-9-11-27(12-10-16)15(4)19(28)26-18-7-5-17(6-8-18)21(22,23)24/h5-8,13-16H,9-12H2,1-4H3,(H,25,29)(H,26,28). The Hall–Kier alpha value is -2.09. The lowest BCUT2D eigenvalue weighted by Gasteiger charge is -2.35. The molecule has 0 bridgehead atoms. The minimum Gasteiger partial charge on any atom is -0.353 e. The molecule has 1 aromatic carbocycles. The number of benzene rings is 1. The van der Waals surface area contributed by atoms with E-state index in [-0.39, 0.29) is 23.8 Å². The SMILES string of the molecule is CC(C)C(C)NC(=O)C1CCN(C(C)C(=O)Nc2ccc(C(F)(F)F)cc2)CC1. The lowest BCUT2D eigenvalue weighted by atomic mass is 9.94. The van der Waals surface area contributed by atoms with Crippen molar-refractivity contribution in [3.8, 4) is 0 Å². The molecule has 29 heavy (non-hydrogen) atoms. The van der Waals surface area contributed by atoms with Gasteiger partial charge in [0.05, 0.1) is 11.6 Å². The highest BCUT2D eigenvalue weighted by Gasteiger charge is 2.31. The number of nitrogens with zero attached hydrogens (tertiary/aromatic N) is 1. The van der Waals surface area contributed by atoms with Crippen LogP contribution in [0.4, 0.5) is 18.9 Å². The minimum atomic E-state index is -4.40. The van der Waals surface area contributed by atoms with Crippen molar-refractivity contribution in [1.29, 1.82) is 0 Å². The maximum Gasteiger partial charge on any atom is 0.416 e. The fraction of sp³-hybridized carbons (Fsp3) is 0.619. The number of alkyl halides is 3. The number of hydrogen-bond donors (Lipinski definition) is 2. The molecule has 1 heterocycles. The van der Waals surface area contributed by atoms with Gasteiger partial charge >= 0.3 is 6.18 Å². The van der Waals surface area contributed by atoms with Gasteiger partial charge in [-0.05, 0) is 70.0 Å². The highest BCUT2D eigenvalue weighted by Crippen LogP contribution is 2.30. The van der Waals surface area contributed by atoms with E-state index >= 15 is 0 Å². The van der Waals surface area contributed by atoms with Gasteiger partial charge in [0.2, 0.25) is 11.8 Å². The van der Waals surface area contributed by atoms with Crippen LogP contribution in [0, 0.1) is 11.8 Å². The number of anilines is 1. The minimum absolute atomic E-state index is 0.0578. The normalized spacial score (nSPS) is 18.3. The molecule has 2 atom stereocenters. The van der Waals surface area contributed by atoms with E-state index < -0.39 is 17.8 Å². The smallest absolute Gasteiger partial charge is 0.353 e. The molecule has 0 radical (unpaired) electrons. The number of likely N-dealkylation sites (tertiary alicyclic amines) is 1. The number of hydrogen-bond acceptors (Lipinski definition) is 3. The number of carbonyl (C=O) groups excluding carboxylic acids is 2. The molecule has 1 fully saturated rings. The van der Waals surface area contributed by atoms with E-state index in [1.165, 1.54) is 12.1 Å². The second-order valence-corrected chi connectivity index (χ2v) is 8.09. The van der Waals surface area contributed by atoms with Crippen LogP contribution < -0.4 is 10.6 Å². The molecule has 0 aliphatic carbocycles. The molecule has 2 N–H and O–H groups in total. The van der Waals surface area contributed by atoms with Gasteiger partial charge in [-0.3, -0.25) is 14.5 Å². The van der Waals surface area contributed by atoms with E-state index in [2.05, 4.69) is 24.5 Å². The van der Waals surface area contributed by atoms with Crippen LogP contribution in [0.25, 0.3) is 0 Å². The molecule has 162 valence electrons. The highest BCUT2D eigenvalue weighted by atomic mass is 19.4. The zero-order valence-electron chi connectivity index (χ0n) is 17.3. The Bertz CT molecular complexity index is 696. The first-order valence-corrected chi connectivity index (χ1v) is 10.0. The van der Waals surface area contributed by atoms with Crippen molar-refractivity contribution in [2.45, 2.75) is 58.8 Å². The summed E-state index contributed by atoms with van der Waals surface area (Å²) < 4.78 is 37.9. The van der Waals surface area contributed by atoms with Crippen LogP contribution in [0.5, 0.6) is 0 Å².